The third kappa shape index (κ3) is 11.1. The maximum absolute atomic E-state index is 11.5. The molecule has 23 heteroatoms. The molecule has 2 aliphatic rings. The number of hydrogen-bond donors (Lipinski definition) is 6. The van der Waals surface area contributed by atoms with Crippen LogP contribution in [0.4, 0.5) is 0 Å². The molecule has 41 heavy (non-hydrogen) atoms. The predicted octanol–water partition coefficient (Wildman–Crippen LogP) is -3.55. The van der Waals surface area contributed by atoms with Crippen LogP contribution in [0.3, 0.4) is 0 Å². The molecule has 10 atom stereocenters. The molecule has 0 aromatic heterocycles. The van der Waals surface area contributed by atoms with E-state index >= 15 is 0 Å². The van der Waals surface area contributed by atoms with E-state index in [1.165, 1.54) is 7.11 Å². The van der Waals surface area contributed by atoms with Gasteiger partial charge in [-0.05, 0) is 6.42 Å². The van der Waals surface area contributed by atoms with Crippen molar-refractivity contribution in [1.82, 2.24) is 4.72 Å². The molecule has 0 spiro atoms. The second kappa shape index (κ2) is 15.0. The Hall–Kier alpha value is -1.16. The van der Waals surface area contributed by atoms with E-state index in [0.717, 1.165) is 0 Å². The number of rotatable bonds is 16. The van der Waals surface area contributed by atoms with E-state index < -0.39 is 112 Å². The van der Waals surface area contributed by atoms with Crippen molar-refractivity contribution in [3.05, 3.63) is 0 Å². The number of aliphatic hydroxyl groups is 2. The van der Waals surface area contributed by atoms with E-state index in [4.69, 9.17) is 28.2 Å². The SMILES string of the molecule is CC[C@@H]1C(OC=O)O[C@@H](COC[C@@H]2C(COS(=O)(=O)O)O[C@H](COC)C(NS(=O)(=O)O)[C@@H]2O)C(OS(=O)(=O)O)[C@@H]1O. The summed E-state index contributed by atoms with van der Waals surface area (Å²) in [4.78, 5) is 10.9. The molecule has 6 N–H and O–H groups in total. The molecule has 4 unspecified atom stereocenters. The second-order valence-electron chi connectivity index (χ2n) is 9.02. The molecular weight excluding hydrogens is 630 g/mol. The maximum Gasteiger partial charge on any atom is 0.397 e. The monoisotopic (exact) mass is 663 g/mol. The highest BCUT2D eigenvalue weighted by Crippen LogP contribution is 2.33. The van der Waals surface area contributed by atoms with Gasteiger partial charge in [-0.25, -0.2) is 8.37 Å². The van der Waals surface area contributed by atoms with Gasteiger partial charge in [0, 0.05) is 13.0 Å². The van der Waals surface area contributed by atoms with E-state index in [9.17, 15) is 49.4 Å². The van der Waals surface area contributed by atoms with Crippen LogP contribution < -0.4 is 4.72 Å². The zero-order valence-corrected chi connectivity index (χ0v) is 24.0. The molecule has 2 saturated heterocycles. The molecule has 2 aliphatic heterocycles. The first-order chi connectivity index (χ1) is 18.9. The van der Waals surface area contributed by atoms with Crippen molar-refractivity contribution in [1.29, 1.82) is 0 Å². The Morgan fingerprint density at radius 2 is 1.49 bits per heavy atom. The van der Waals surface area contributed by atoms with Gasteiger partial charge in [-0.2, -0.15) is 30.0 Å². The summed E-state index contributed by atoms with van der Waals surface area (Å²) >= 11 is 0. The van der Waals surface area contributed by atoms with Crippen molar-refractivity contribution >= 4 is 37.6 Å². The standard InChI is InChI=1S/C18H33NO19S3/c1-3-9-16(22)17(38-41(29,30)31)13(37-18(9)34-8-20)6-33-4-10-11(7-35-40(26,27)28)36-12(5-32-2)14(15(10)21)19-39(23,24)25/h8-19,21-22H,3-7H2,1-2H3,(H,23,24,25)(H,26,27,28)(H,29,30,31)/t9-,10+,11?,12+,13-,14?,15+,16+,17?,18?/m0/s1. The molecule has 20 nitrogen and oxygen atoms in total. The molecular formula is C18H33NO19S3. The van der Waals surface area contributed by atoms with Gasteiger partial charge < -0.3 is 33.9 Å². The van der Waals surface area contributed by atoms with Gasteiger partial charge in [-0.15, -0.1) is 0 Å². The van der Waals surface area contributed by atoms with E-state index in [1.807, 2.05) is 0 Å². The maximum atomic E-state index is 11.5. The Balaban J connectivity index is 2.29. The quantitative estimate of drug-likeness (QED) is 0.0688. The summed E-state index contributed by atoms with van der Waals surface area (Å²) in [6.07, 6.45) is -10.7. The number of carbonyl (C=O) groups is 1. The van der Waals surface area contributed by atoms with Crippen LogP contribution in [-0.2, 0) is 67.9 Å². The van der Waals surface area contributed by atoms with Crippen LogP contribution in [0.2, 0.25) is 0 Å². The van der Waals surface area contributed by atoms with Crippen molar-refractivity contribution in [2.45, 2.75) is 62.3 Å². The fourth-order valence-corrected chi connectivity index (χ4v) is 6.03. The summed E-state index contributed by atoms with van der Waals surface area (Å²) in [5, 5.41) is 21.6. The number of ether oxygens (including phenoxy) is 5. The summed E-state index contributed by atoms with van der Waals surface area (Å²) in [5.41, 5.74) is 0. The average molecular weight is 664 g/mol. The Bertz CT molecular complexity index is 1160. The highest BCUT2D eigenvalue weighted by molar-refractivity contribution is 7.83. The van der Waals surface area contributed by atoms with Crippen molar-refractivity contribution in [3.63, 3.8) is 0 Å². The molecule has 0 aliphatic carbocycles. The van der Waals surface area contributed by atoms with Gasteiger partial charge in [0.1, 0.15) is 18.3 Å². The molecule has 0 aromatic rings. The minimum absolute atomic E-state index is 0.0241. The zero-order chi connectivity index (χ0) is 31.2. The molecule has 2 fully saturated rings. The molecule has 2 rings (SSSR count). The highest BCUT2D eigenvalue weighted by Gasteiger charge is 2.50. The zero-order valence-electron chi connectivity index (χ0n) is 21.6. The number of nitrogens with one attached hydrogen (secondary N) is 1. The molecule has 0 bridgehead atoms. The van der Waals surface area contributed by atoms with E-state index in [-0.39, 0.29) is 19.5 Å². The molecule has 0 saturated carbocycles. The van der Waals surface area contributed by atoms with Gasteiger partial charge >= 0.3 is 31.1 Å². The Labute approximate surface area is 235 Å². The van der Waals surface area contributed by atoms with Crippen molar-refractivity contribution < 1.29 is 86.0 Å². The van der Waals surface area contributed by atoms with Crippen molar-refractivity contribution in [3.8, 4) is 0 Å². The van der Waals surface area contributed by atoms with Crippen LogP contribution in [-0.4, -0.2) is 138 Å². The lowest BCUT2D eigenvalue weighted by Gasteiger charge is -2.45. The normalized spacial score (nSPS) is 35.2. The number of aliphatic hydroxyl groups excluding tert-OH is 2. The summed E-state index contributed by atoms with van der Waals surface area (Å²) in [5.74, 6) is -2.34. The van der Waals surface area contributed by atoms with Crippen molar-refractivity contribution in [2.75, 3.05) is 33.5 Å². The molecule has 0 amide bonds. The van der Waals surface area contributed by atoms with E-state index in [1.54, 1.807) is 11.6 Å². The average Bonchev–Trinajstić information content (AvgIpc) is 2.82. The Morgan fingerprint density at radius 3 is 2.00 bits per heavy atom. The molecule has 0 aromatic carbocycles. The summed E-state index contributed by atoms with van der Waals surface area (Å²) in [6.45, 7) is -0.972. The summed E-state index contributed by atoms with van der Waals surface area (Å²) < 4.78 is 132. The number of methoxy groups -OCH3 is 1. The van der Waals surface area contributed by atoms with E-state index in [2.05, 4.69) is 8.37 Å². The van der Waals surface area contributed by atoms with Crippen molar-refractivity contribution in [2.24, 2.45) is 11.8 Å². The fraction of sp³-hybridized carbons (Fsp3) is 0.944. The van der Waals surface area contributed by atoms with Crippen LogP contribution in [0.1, 0.15) is 13.3 Å². The largest absolute Gasteiger partial charge is 0.438 e. The van der Waals surface area contributed by atoms with Gasteiger partial charge in [0.25, 0.3) is 6.47 Å². The lowest BCUT2D eigenvalue weighted by molar-refractivity contribution is -0.273. The van der Waals surface area contributed by atoms with Gasteiger partial charge in [-0.3, -0.25) is 18.5 Å². The van der Waals surface area contributed by atoms with Crippen LogP contribution in [0, 0.1) is 11.8 Å². The fourth-order valence-electron chi connectivity index (χ4n) is 4.57. The smallest absolute Gasteiger partial charge is 0.397 e. The van der Waals surface area contributed by atoms with Gasteiger partial charge in [-0.1, -0.05) is 6.92 Å². The topological polar surface area (TPSA) is 297 Å². The molecule has 2 heterocycles. The summed E-state index contributed by atoms with van der Waals surface area (Å²) in [6, 6.07) is -1.57. The van der Waals surface area contributed by atoms with Crippen LogP contribution in [0.25, 0.3) is 0 Å². The van der Waals surface area contributed by atoms with Crippen LogP contribution in [0.5, 0.6) is 0 Å². The second-order valence-corrected chi connectivity index (χ2v) is 12.3. The molecule has 0 radical (unpaired) electrons. The third-order valence-corrected chi connectivity index (χ3v) is 7.79. The van der Waals surface area contributed by atoms with Crippen LogP contribution >= 0.6 is 0 Å². The van der Waals surface area contributed by atoms with Crippen LogP contribution in [0.15, 0.2) is 0 Å². The highest BCUT2D eigenvalue weighted by atomic mass is 32.3. The Kier molecular flexibility index (Phi) is 13.2. The lowest BCUT2D eigenvalue weighted by Crippen LogP contribution is -2.64. The van der Waals surface area contributed by atoms with E-state index in [0.29, 0.717) is 0 Å². The van der Waals surface area contributed by atoms with Gasteiger partial charge in [0.2, 0.25) is 6.29 Å². The summed E-state index contributed by atoms with van der Waals surface area (Å²) in [7, 11) is -13.8. The first-order valence-electron chi connectivity index (χ1n) is 11.8. The number of carbonyl (C=O) groups excluding carboxylic acids is 1. The van der Waals surface area contributed by atoms with Gasteiger partial charge in [0.15, 0.2) is 0 Å². The first-order valence-corrected chi connectivity index (χ1v) is 15.9. The third-order valence-electron chi connectivity index (χ3n) is 6.32. The lowest BCUT2D eigenvalue weighted by atomic mass is 9.86. The minimum Gasteiger partial charge on any atom is -0.438 e. The Morgan fingerprint density at radius 1 is 0.829 bits per heavy atom. The first kappa shape index (κ1) is 36.0. The predicted molar refractivity (Wildman–Crippen MR) is 129 cm³/mol. The van der Waals surface area contributed by atoms with Gasteiger partial charge in [0.05, 0.1) is 56.7 Å². The minimum atomic E-state index is -5.14. The molecule has 242 valence electrons. The number of hydrogen-bond acceptors (Lipinski definition) is 16.